The van der Waals surface area contributed by atoms with Crippen LogP contribution in [0.4, 0.5) is 0 Å². The van der Waals surface area contributed by atoms with E-state index in [0.717, 1.165) is 19.4 Å². The van der Waals surface area contributed by atoms with Gasteiger partial charge in [0, 0.05) is 6.54 Å². The van der Waals surface area contributed by atoms with E-state index in [2.05, 4.69) is 5.32 Å². The molecule has 0 aromatic rings. The van der Waals surface area contributed by atoms with E-state index < -0.39 is 5.60 Å². The lowest BCUT2D eigenvalue weighted by atomic mass is 9.74. The summed E-state index contributed by atoms with van der Waals surface area (Å²) in [4.78, 5) is 11.4. The number of hydrogen-bond acceptors (Lipinski definition) is 2. The second-order valence-corrected chi connectivity index (χ2v) is 3.44. The van der Waals surface area contributed by atoms with Gasteiger partial charge in [0.1, 0.15) is 5.60 Å². The lowest BCUT2D eigenvalue weighted by Gasteiger charge is -2.33. The molecule has 0 aromatic heterocycles. The third-order valence-corrected chi connectivity index (χ3v) is 2.58. The number of nitrogens with one attached hydrogen (secondary N) is 1. The molecule has 2 saturated heterocycles. The van der Waals surface area contributed by atoms with Crippen molar-refractivity contribution in [2.75, 3.05) is 13.2 Å². The molecule has 0 unspecified atom stereocenters. The van der Waals surface area contributed by atoms with Crippen LogP contribution in [0.15, 0.2) is 0 Å². The number of amides is 1. The summed E-state index contributed by atoms with van der Waals surface area (Å²) in [5.74, 6) is 0.756. The predicted molar refractivity (Wildman–Crippen MR) is 40.1 cm³/mol. The SMILES string of the molecule is CCNC(=O)C12CC(CO1)C2. The van der Waals surface area contributed by atoms with E-state index in [-0.39, 0.29) is 5.91 Å². The van der Waals surface area contributed by atoms with E-state index in [0.29, 0.717) is 12.5 Å². The molecule has 11 heavy (non-hydrogen) atoms. The summed E-state index contributed by atoms with van der Waals surface area (Å²) in [7, 11) is 0. The number of ether oxygens (including phenoxy) is 1. The molecule has 0 spiro atoms. The smallest absolute Gasteiger partial charge is 0.252 e. The summed E-state index contributed by atoms with van der Waals surface area (Å²) in [6, 6.07) is 0. The molecule has 1 aliphatic carbocycles. The third kappa shape index (κ3) is 0.872. The Bertz CT molecular complexity index is 179. The van der Waals surface area contributed by atoms with Gasteiger partial charge < -0.3 is 10.1 Å². The highest BCUT2D eigenvalue weighted by Crippen LogP contribution is 2.48. The molecule has 2 heterocycles. The minimum atomic E-state index is -0.402. The van der Waals surface area contributed by atoms with Gasteiger partial charge in [-0.15, -0.1) is 0 Å². The number of fused-ring (bicyclic) bond motifs is 1. The van der Waals surface area contributed by atoms with Crippen LogP contribution in [0.25, 0.3) is 0 Å². The molecule has 0 atom stereocenters. The average molecular weight is 155 g/mol. The largest absolute Gasteiger partial charge is 0.365 e. The predicted octanol–water partition coefficient (Wildman–Crippen LogP) is 0.301. The van der Waals surface area contributed by atoms with Crippen molar-refractivity contribution in [1.82, 2.24) is 5.32 Å². The van der Waals surface area contributed by atoms with Gasteiger partial charge in [0.05, 0.1) is 6.61 Å². The molecule has 2 aliphatic heterocycles. The van der Waals surface area contributed by atoms with Crippen LogP contribution in [0.5, 0.6) is 0 Å². The number of carbonyl (C=O) groups excluding carboxylic acids is 1. The van der Waals surface area contributed by atoms with E-state index >= 15 is 0 Å². The first-order valence-electron chi connectivity index (χ1n) is 4.19. The number of rotatable bonds is 2. The molecule has 3 rings (SSSR count). The van der Waals surface area contributed by atoms with E-state index in [1.165, 1.54) is 0 Å². The zero-order chi connectivity index (χ0) is 7.90. The first-order chi connectivity index (χ1) is 5.27. The Morgan fingerprint density at radius 3 is 2.91 bits per heavy atom. The van der Waals surface area contributed by atoms with Gasteiger partial charge in [-0.2, -0.15) is 0 Å². The lowest BCUT2D eigenvalue weighted by Crippen LogP contribution is -2.51. The molecule has 2 bridgehead atoms. The molecule has 1 saturated carbocycles. The topological polar surface area (TPSA) is 38.3 Å². The van der Waals surface area contributed by atoms with Crippen molar-refractivity contribution >= 4 is 5.91 Å². The van der Waals surface area contributed by atoms with Gasteiger partial charge in [-0.25, -0.2) is 0 Å². The van der Waals surface area contributed by atoms with Crippen molar-refractivity contribution in [2.24, 2.45) is 5.92 Å². The van der Waals surface area contributed by atoms with Gasteiger partial charge in [-0.3, -0.25) is 4.79 Å². The Morgan fingerprint density at radius 2 is 2.45 bits per heavy atom. The number of hydrogen-bond donors (Lipinski definition) is 1. The Hall–Kier alpha value is -0.570. The summed E-state index contributed by atoms with van der Waals surface area (Å²) >= 11 is 0. The minimum absolute atomic E-state index is 0.0914. The summed E-state index contributed by atoms with van der Waals surface area (Å²) in [5.41, 5.74) is -0.402. The molecule has 3 heteroatoms. The highest BCUT2D eigenvalue weighted by atomic mass is 16.5. The van der Waals surface area contributed by atoms with Crippen molar-refractivity contribution in [3.63, 3.8) is 0 Å². The minimum Gasteiger partial charge on any atom is -0.365 e. The summed E-state index contributed by atoms with van der Waals surface area (Å²) in [6.07, 6.45) is 1.89. The van der Waals surface area contributed by atoms with E-state index in [1.54, 1.807) is 0 Å². The monoisotopic (exact) mass is 155 g/mol. The standard InChI is InChI=1S/C8H13NO2/c1-2-9-7(10)8-3-6(4-8)5-11-8/h6H,2-5H2,1H3,(H,9,10). The third-order valence-electron chi connectivity index (χ3n) is 2.58. The van der Waals surface area contributed by atoms with Crippen molar-refractivity contribution in [3.8, 4) is 0 Å². The molecule has 3 nitrogen and oxygen atoms in total. The van der Waals surface area contributed by atoms with Crippen LogP contribution in [-0.2, 0) is 9.53 Å². The summed E-state index contributed by atoms with van der Waals surface area (Å²) in [5, 5.41) is 2.80. The average Bonchev–Trinajstić information content (AvgIpc) is 2.42. The number of carbonyl (C=O) groups is 1. The van der Waals surface area contributed by atoms with Crippen molar-refractivity contribution in [3.05, 3.63) is 0 Å². The molecule has 0 radical (unpaired) electrons. The normalized spacial score (nSPS) is 39.9. The summed E-state index contributed by atoms with van der Waals surface area (Å²) < 4.78 is 5.42. The molecule has 0 aromatic carbocycles. The highest BCUT2D eigenvalue weighted by molar-refractivity contribution is 5.86. The lowest BCUT2D eigenvalue weighted by molar-refractivity contribution is -0.143. The van der Waals surface area contributed by atoms with Gasteiger partial charge in [0.25, 0.3) is 5.91 Å². The van der Waals surface area contributed by atoms with Crippen LogP contribution in [-0.4, -0.2) is 24.7 Å². The highest BCUT2D eigenvalue weighted by Gasteiger charge is 2.56. The van der Waals surface area contributed by atoms with Gasteiger partial charge in [0.2, 0.25) is 0 Å². The van der Waals surface area contributed by atoms with Gasteiger partial charge in [0.15, 0.2) is 0 Å². The van der Waals surface area contributed by atoms with Crippen LogP contribution in [0.1, 0.15) is 19.8 Å². The molecule has 1 amide bonds. The maximum Gasteiger partial charge on any atom is 0.252 e. The van der Waals surface area contributed by atoms with Crippen molar-refractivity contribution in [2.45, 2.75) is 25.4 Å². The fraction of sp³-hybridized carbons (Fsp3) is 0.875. The van der Waals surface area contributed by atoms with E-state index in [1.807, 2.05) is 6.92 Å². The second kappa shape index (κ2) is 2.21. The second-order valence-electron chi connectivity index (χ2n) is 3.44. The Morgan fingerprint density at radius 1 is 1.73 bits per heavy atom. The Labute approximate surface area is 66.1 Å². The Balaban J connectivity index is 1.99. The first-order valence-corrected chi connectivity index (χ1v) is 4.19. The molecular weight excluding hydrogens is 142 g/mol. The zero-order valence-electron chi connectivity index (χ0n) is 6.72. The molecule has 3 aliphatic rings. The van der Waals surface area contributed by atoms with E-state index in [9.17, 15) is 4.79 Å². The van der Waals surface area contributed by atoms with Gasteiger partial charge in [-0.1, -0.05) is 0 Å². The maximum atomic E-state index is 11.4. The molecule has 62 valence electrons. The van der Waals surface area contributed by atoms with Gasteiger partial charge in [-0.05, 0) is 25.7 Å². The van der Waals surface area contributed by atoms with Crippen LogP contribution >= 0.6 is 0 Å². The molecule has 3 fully saturated rings. The van der Waals surface area contributed by atoms with Crippen molar-refractivity contribution < 1.29 is 9.53 Å². The summed E-state index contributed by atoms with van der Waals surface area (Å²) in [6.45, 7) is 3.42. The first kappa shape index (κ1) is 7.10. The van der Waals surface area contributed by atoms with Crippen LogP contribution in [0.2, 0.25) is 0 Å². The molecular formula is C8H13NO2. The van der Waals surface area contributed by atoms with Crippen LogP contribution < -0.4 is 5.32 Å². The zero-order valence-corrected chi connectivity index (χ0v) is 6.72. The number of likely N-dealkylation sites (N-methyl/N-ethyl adjacent to an activating group) is 1. The maximum absolute atomic E-state index is 11.4. The van der Waals surface area contributed by atoms with Crippen molar-refractivity contribution in [1.29, 1.82) is 0 Å². The quantitative estimate of drug-likeness (QED) is 0.623. The fourth-order valence-electron chi connectivity index (χ4n) is 1.96. The van der Waals surface area contributed by atoms with Crippen LogP contribution in [0.3, 0.4) is 0 Å². The van der Waals surface area contributed by atoms with Gasteiger partial charge >= 0.3 is 0 Å². The van der Waals surface area contributed by atoms with Crippen LogP contribution in [0, 0.1) is 5.92 Å². The fourth-order valence-corrected chi connectivity index (χ4v) is 1.96. The molecule has 1 N–H and O–H groups in total. The Kier molecular flexibility index (Phi) is 1.42. The van der Waals surface area contributed by atoms with E-state index in [4.69, 9.17) is 4.74 Å².